The molecule has 1 aromatic carbocycles. The number of nitrogens with one attached hydrogen (secondary N) is 1. The number of pyridine rings is 1. The molecule has 1 saturated heterocycles. The molecule has 0 bridgehead atoms. The number of aromatic nitrogens is 1. The van der Waals surface area contributed by atoms with Crippen molar-refractivity contribution in [2.24, 2.45) is 0 Å². The van der Waals surface area contributed by atoms with Gasteiger partial charge in [0.1, 0.15) is 11.9 Å². The normalized spacial score (nSPS) is 14.6. The molecule has 2 heterocycles. The molecule has 1 fully saturated rings. The fourth-order valence-electron chi connectivity index (χ4n) is 2.79. The summed E-state index contributed by atoms with van der Waals surface area (Å²) in [5.74, 6) is 0.699. The maximum absolute atomic E-state index is 12.4. The summed E-state index contributed by atoms with van der Waals surface area (Å²) >= 11 is 0. The molecule has 24 heavy (non-hydrogen) atoms. The summed E-state index contributed by atoms with van der Waals surface area (Å²) in [6.07, 6.45) is 2.53. The lowest BCUT2D eigenvalue weighted by molar-refractivity contribution is 0.215. The fourth-order valence-corrected chi connectivity index (χ4v) is 2.79. The molecule has 0 spiro atoms. The minimum Gasteiger partial charge on any atom is -0.354 e. The predicted molar refractivity (Wildman–Crippen MR) is 92.8 cm³/mol. The third-order valence-corrected chi connectivity index (χ3v) is 4.01. The number of carbonyl (C=O) groups is 1. The van der Waals surface area contributed by atoms with E-state index < -0.39 is 0 Å². The van der Waals surface area contributed by atoms with Gasteiger partial charge in [-0.2, -0.15) is 5.26 Å². The summed E-state index contributed by atoms with van der Waals surface area (Å²) in [5, 5.41) is 12.1. The average molecular weight is 321 g/mol. The van der Waals surface area contributed by atoms with E-state index in [1.807, 2.05) is 35.2 Å². The van der Waals surface area contributed by atoms with E-state index in [4.69, 9.17) is 0 Å². The molecule has 2 aromatic rings. The van der Waals surface area contributed by atoms with Crippen LogP contribution >= 0.6 is 0 Å². The number of urea groups is 1. The Balaban J connectivity index is 1.65. The maximum Gasteiger partial charge on any atom is 0.321 e. The molecule has 122 valence electrons. The van der Waals surface area contributed by atoms with Gasteiger partial charge in [-0.1, -0.05) is 18.2 Å². The highest BCUT2D eigenvalue weighted by molar-refractivity contribution is 5.89. The maximum atomic E-state index is 12.4. The number of carbonyl (C=O) groups excluding carboxylic acids is 1. The Kier molecular flexibility index (Phi) is 4.92. The lowest BCUT2D eigenvalue weighted by atomic mass is 10.2. The van der Waals surface area contributed by atoms with E-state index in [-0.39, 0.29) is 6.03 Å². The van der Waals surface area contributed by atoms with Crippen LogP contribution in [0.25, 0.3) is 0 Å². The van der Waals surface area contributed by atoms with Gasteiger partial charge in [-0.3, -0.25) is 0 Å². The number of hydrogen-bond acceptors (Lipinski definition) is 4. The number of nitriles is 1. The second-order valence-corrected chi connectivity index (χ2v) is 5.61. The van der Waals surface area contributed by atoms with Crippen LogP contribution in [0.5, 0.6) is 0 Å². The highest BCUT2D eigenvalue weighted by Crippen LogP contribution is 2.18. The first-order valence-corrected chi connectivity index (χ1v) is 7.99. The zero-order valence-corrected chi connectivity index (χ0v) is 13.4. The Morgan fingerprint density at radius 3 is 2.71 bits per heavy atom. The van der Waals surface area contributed by atoms with Crippen LogP contribution in [0.15, 0.2) is 48.7 Å². The zero-order chi connectivity index (χ0) is 16.8. The summed E-state index contributed by atoms with van der Waals surface area (Å²) in [4.78, 5) is 20.6. The summed E-state index contributed by atoms with van der Waals surface area (Å²) < 4.78 is 0. The smallest absolute Gasteiger partial charge is 0.321 e. The van der Waals surface area contributed by atoms with Crippen molar-refractivity contribution >= 4 is 17.5 Å². The second kappa shape index (κ2) is 7.47. The van der Waals surface area contributed by atoms with E-state index >= 15 is 0 Å². The Labute approximate surface area is 141 Å². The topological polar surface area (TPSA) is 72.3 Å². The summed E-state index contributed by atoms with van der Waals surface area (Å²) in [6, 6.07) is 15.1. The minimum absolute atomic E-state index is 0.0930. The molecule has 0 saturated carbocycles. The standard InChI is InChI=1S/C18H19N5O/c19-14-15-6-4-9-20-17(15)22-10-5-11-23(13-12-22)18(24)21-16-7-2-1-3-8-16/h1-4,6-9H,5,10-13H2,(H,21,24). The molecule has 1 aliphatic rings. The molecule has 6 heteroatoms. The van der Waals surface area contributed by atoms with Gasteiger partial charge in [0.2, 0.25) is 0 Å². The Bertz CT molecular complexity index is 741. The molecule has 0 radical (unpaired) electrons. The van der Waals surface area contributed by atoms with E-state index in [0.29, 0.717) is 31.0 Å². The second-order valence-electron chi connectivity index (χ2n) is 5.61. The van der Waals surface area contributed by atoms with E-state index in [1.165, 1.54) is 0 Å². The van der Waals surface area contributed by atoms with Crippen molar-refractivity contribution in [1.82, 2.24) is 9.88 Å². The molecule has 0 unspecified atom stereocenters. The summed E-state index contributed by atoms with van der Waals surface area (Å²) in [7, 11) is 0. The van der Waals surface area contributed by atoms with Crippen LogP contribution in [0.1, 0.15) is 12.0 Å². The van der Waals surface area contributed by atoms with Gasteiger partial charge in [-0.15, -0.1) is 0 Å². The first-order chi connectivity index (χ1) is 11.8. The van der Waals surface area contributed by atoms with Crippen LogP contribution in [0.4, 0.5) is 16.3 Å². The first-order valence-electron chi connectivity index (χ1n) is 7.99. The van der Waals surface area contributed by atoms with Crippen molar-refractivity contribution in [3.8, 4) is 6.07 Å². The van der Waals surface area contributed by atoms with Crippen molar-refractivity contribution in [1.29, 1.82) is 5.26 Å². The van der Waals surface area contributed by atoms with Gasteiger partial charge in [0.05, 0.1) is 5.56 Å². The van der Waals surface area contributed by atoms with Crippen LogP contribution in [0, 0.1) is 11.3 Å². The van der Waals surface area contributed by atoms with Crippen LogP contribution in [-0.4, -0.2) is 42.1 Å². The Morgan fingerprint density at radius 2 is 1.92 bits per heavy atom. The van der Waals surface area contributed by atoms with Gasteiger partial charge >= 0.3 is 6.03 Å². The number of amides is 2. The molecule has 0 atom stereocenters. The molecule has 2 amide bonds. The Morgan fingerprint density at radius 1 is 1.08 bits per heavy atom. The lowest BCUT2D eigenvalue weighted by Gasteiger charge is -2.23. The predicted octanol–water partition coefficient (Wildman–Crippen LogP) is 2.70. The molecule has 1 aromatic heterocycles. The van der Waals surface area contributed by atoms with Crippen LogP contribution in [0.2, 0.25) is 0 Å². The molecule has 0 aliphatic carbocycles. The highest BCUT2D eigenvalue weighted by atomic mass is 16.2. The van der Waals surface area contributed by atoms with Crippen molar-refractivity contribution < 1.29 is 4.79 Å². The van der Waals surface area contributed by atoms with E-state index in [1.54, 1.807) is 18.3 Å². The third kappa shape index (κ3) is 3.63. The molecule has 1 N–H and O–H groups in total. The van der Waals surface area contributed by atoms with Gasteiger partial charge in [-0.05, 0) is 30.7 Å². The monoisotopic (exact) mass is 321 g/mol. The van der Waals surface area contributed by atoms with Crippen molar-refractivity contribution in [3.05, 3.63) is 54.2 Å². The number of nitrogens with zero attached hydrogens (tertiary/aromatic N) is 4. The van der Waals surface area contributed by atoms with Crippen LogP contribution < -0.4 is 10.2 Å². The number of rotatable bonds is 2. The molecule has 3 rings (SSSR count). The van der Waals surface area contributed by atoms with E-state index in [9.17, 15) is 10.1 Å². The summed E-state index contributed by atoms with van der Waals surface area (Å²) in [5.41, 5.74) is 1.36. The fraction of sp³-hybridized carbons (Fsp3) is 0.278. The van der Waals surface area contributed by atoms with Gasteiger partial charge in [0.15, 0.2) is 0 Å². The number of hydrogen-bond donors (Lipinski definition) is 1. The molecule has 6 nitrogen and oxygen atoms in total. The van der Waals surface area contributed by atoms with Gasteiger partial charge in [0.25, 0.3) is 0 Å². The number of benzene rings is 1. The number of anilines is 2. The van der Waals surface area contributed by atoms with E-state index in [0.717, 1.165) is 18.7 Å². The largest absolute Gasteiger partial charge is 0.354 e. The SMILES string of the molecule is N#Cc1cccnc1N1CCCN(C(=O)Nc2ccccc2)CC1. The van der Waals surface area contributed by atoms with Gasteiger partial charge in [-0.25, -0.2) is 9.78 Å². The van der Waals surface area contributed by atoms with Crippen LogP contribution in [0.3, 0.4) is 0 Å². The number of para-hydroxylation sites is 1. The molecular weight excluding hydrogens is 302 g/mol. The van der Waals surface area contributed by atoms with Crippen molar-refractivity contribution in [2.45, 2.75) is 6.42 Å². The summed E-state index contributed by atoms with van der Waals surface area (Å²) in [6.45, 7) is 2.72. The lowest BCUT2D eigenvalue weighted by Crippen LogP contribution is -2.38. The van der Waals surface area contributed by atoms with Gasteiger partial charge in [0, 0.05) is 38.1 Å². The molecular formula is C18H19N5O. The Hall–Kier alpha value is -3.07. The van der Waals surface area contributed by atoms with Crippen LogP contribution in [-0.2, 0) is 0 Å². The first kappa shape index (κ1) is 15.8. The van der Waals surface area contributed by atoms with Gasteiger partial charge < -0.3 is 15.1 Å². The third-order valence-electron chi connectivity index (χ3n) is 4.01. The van der Waals surface area contributed by atoms with Crippen molar-refractivity contribution in [3.63, 3.8) is 0 Å². The van der Waals surface area contributed by atoms with E-state index in [2.05, 4.69) is 21.3 Å². The quantitative estimate of drug-likeness (QED) is 0.923. The zero-order valence-electron chi connectivity index (χ0n) is 13.4. The minimum atomic E-state index is -0.0930. The molecule has 1 aliphatic heterocycles. The highest BCUT2D eigenvalue weighted by Gasteiger charge is 2.21. The van der Waals surface area contributed by atoms with Crippen molar-refractivity contribution in [2.75, 3.05) is 36.4 Å². The average Bonchev–Trinajstić information content (AvgIpc) is 2.88.